The quantitative estimate of drug-likeness (QED) is 0.262. The maximum Gasteiger partial charge on any atom is 0.332 e. The molecular formula is C20H21ClF3NO3. The fourth-order valence-corrected chi connectivity index (χ4v) is 2.94. The summed E-state index contributed by atoms with van der Waals surface area (Å²) in [5.74, 6) is -6.07. The van der Waals surface area contributed by atoms with Crippen molar-refractivity contribution in [3.63, 3.8) is 0 Å². The van der Waals surface area contributed by atoms with Gasteiger partial charge in [-0.2, -0.15) is 0 Å². The highest BCUT2D eigenvalue weighted by Crippen LogP contribution is 2.28. The molecule has 4 nitrogen and oxygen atoms in total. The number of hydrogen-bond donors (Lipinski definition) is 2. The zero-order chi connectivity index (χ0) is 20.5. The van der Waals surface area contributed by atoms with E-state index in [1.165, 1.54) is 0 Å². The minimum atomic E-state index is -1.64. The number of carbonyl (C=O) groups is 1. The van der Waals surface area contributed by atoms with Gasteiger partial charge in [0.2, 0.25) is 0 Å². The van der Waals surface area contributed by atoms with E-state index in [0.717, 1.165) is 12.1 Å². The predicted octanol–water partition coefficient (Wildman–Crippen LogP) is 4.38. The summed E-state index contributed by atoms with van der Waals surface area (Å²) in [7, 11) is 0. The summed E-state index contributed by atoms with van der Waals surface area (Å²) in [4.78, 5) is 17.6. The van der Waals surface area contributed by atoms with E-state index < -0.39 is 35.4 Å². The highest BCUT2D eigenvalue weighted by molar-refractivity contribution is 6.17. The number of nitrogens with one attached hydrogen (secondary N) is 1. The van der Waals surface area contributed by atoms with Gasteiger partial charge in [-0.25, -0.2) is 18.0 Å². The number of hydroxylamine groups is 1. The molecule has 0 fully saturated rings. The second-order valence-electron chi connectivity index (χ2n) is 6.19. The molecule has 2 aromatic carbocycles. The van der Waals surface area contributed by atoms with Crippen LogP contribution in [0.5, 0.6) is 0 Å². The molecule has 0 spiro atoms. The number of hydrogen-bond acceptors (Lipinski definition) is 4. The number of unbranched alkanes of at least 4 members (excludes halogenated alkanes) is 1. The van der Waals surface area contributed by atoms with Crippen molar-refractivity contribution in [1.82, 2.24) is 5.48 Å². The van der Waals surface area contributed by atoms with E-state index in [0.29, 0.717) is 24.3 Å². The van der Waals surface area contributed by atoms with Crippen LogP contribution in [0.1, 0.15) is 42.3 Å². The Bertz CT molecular complexity index is 777. The lowest BCUT2D eigenvalue weighted by Gasteiger charge is -2.20. The normalized spacial score (nSPS) is 13.2. The van der Waals surface area contributed by atoms with E-state index in [2.05, 4.69) is 5.48 Å². The van der Waals surface area contributed by atoms with Crippen molar-refractivity contribution >= 4 is 17.6 Å². The molecule has 0 aliphatic heterocycles. The van der Waals surface area contributed by atoms with Gasteiger partial charge in [-0.15, -0.1) is 17.1 Å². The lowest BCUT2D eigenvalue weighted by Crippen LogP contribution is -2.30. The van der Waals surface area contributed by atoms with Crippen molar-refractivity contribution in [2.24, 2.45) is 0 Å². The summed E-state index contributed by atoms with van der Waals surface area (Å²) in [6, 6.07) is 9.88. The zero-order valence-electron chi connectivity index (χ0n) is 15.0. The number of carbonyl (C=O) groups excluding carboxylic acids is 1. The standard InChI is InChI=1S/C20H21ClF3NO3/c21-11-5-4-8-15(14-9-10-16(22)19(24)18(14)23)20(27)28-25-17(12-26)13-6-2-1-3-7-13/h1-3,6-7,9-10,15,17,25-26H,4-5,8,11-12H2/t15-,17+/m0/s1. The van der Waals surface area contributed by atoms with Crippen molar-refractivity contribution in [2.45, 2.75) is 31.2 Å². The third-order valence-corrected chi connectivity index (χ3v) is 4.55. The third-order valence-electron chi connectivity index (χ3n) is 4.29. The van der Waals surface area contributed by atoms with E-state index in [9.17, 15) is 23.1 Å². The summed E-state index contributed by atoms with van der Waals surface area (Å²) in [5.41, 5.74) is 2.84. The Balaban J connectivity index is 2.16. The Kier molecular flexibility index (Phi) is 8.76. The molecule has 28 heavy (non-hydrogen) atoms. The Morgan fingerprint density at radius 1 is 1.07 bits per heavy atom. The summed E-state index contributed by atoms with van der Waals surface area (Å²) < 4.78 is 41.1. The van der Waals surface area contributed by atoms with Gasteiger partial charge in [0, 0.05) is 11.4 Å². The largest absolute Gasteiger partial charge is 0.394 e. The highest BCUT2D eigenvalue weighted by atomic mass is 35.5. The van der Waals surface area contributed by atoms with Gasteiger partial charge in [-0.3, -0.25) is 0 Å². The van der Waals surface area contributed by atoms with Crippen LogP contribution < -0.4 is 5.48 Å². The monoisotopic (exact) mass is 415 g/mol. The van der Waals surface area contributed by atoms with Crippen molar-refractivity contribution in [3.05, 3.63) is 71.0 Å². The van der Waals surface area contributed by atoms with Crippen molar-refractivity contribution in [3.8, 4) is 0 Å². The van der Waals surface area contributed by atoms with Gasteiger partial charge < -0.3 is 9.94 Å². The minimum Gasteiger partial charge on any atom is -0.394 e. The van der Waals surface area contributed by atoms with Crippen LogP contribution in [0.4, 0.5) is 13.2 Å². The molecule has 0 saturated carbocycles. The first-order valence-electron chi connectivity index (χ1n) is 8.81. The summed E-state index contributed by atoms with van der Waals surface area (Å²) in [6.07, 6.45) is 1.17. The van der Waals surface area contributed by atoms with Gasteiger partial charge in [0.05, 0.1) is 18.6 Å². The maximum atomic E-state index is 14.2. The predicted molar refractivity (Wildman–Crippen MR) is 99.1 cm³/mol. The molecular weight excluding hydrogens is 395 g/mol. The average Bonchev–Trinajstić information content (AvgIpc) is 2.71. The molecule has 152 valence electrons. The molecule has 2 aromatic rings. The first kappa shape index (κ1) is 22.2. The summed E-state index contributed by atoms with van der Waals surface area (Å²) in [5, 5.41) is 9.51. The lowest BCUT2D eigenvalue weighted by molar-refractivity contribution is -0.156. The average molecular weight is 416 g/mol. The summed E-state index contributed by atoms with van der Waals surface area (Å²) >= 11 is 5.64. The van der Waals surface area contributed by atoms with E-state index in [1.807, 2.05) is 0 Å². The number of alkyl halides is 1. The topological polar surface area (TPSA) is 58.6 Å². The van der Waals surface area contributed by atoms with Gasteiger partial charge >= 0.3 is 5.97 Å². The van der Waals surface area contributed by atoms with Crippen LogP contribution in [0, 0.1) is 17.5 Å². The Hall–Kier alpha value is -2.09. The SMILES string of the molecule is O=C(ON[C@H](CO)c1ccccc1)[C@@H](CCCCCl)c1ccc(F)c(F)c1F. The van der Waals surface area contributed by atoms with Gasteiger partial charge in [-0.05, 0) is 24.5 Å². The fraction of sp³-hybridized carbons (Fsp3) is 0.350. The number of halogens is 4. The fourth-order valence-electron chi connectivity index (χ4n) is 2.75. The molecule has 0 aromatic heterocycles. The number of aliphatic hydroxyl groups excluding tert-OH is 1. The van der Waals surface area contributed by atoms with Crippen LogP contribution >= 0.6 is 11.6 Å². The minimum absolute atomic E-state index is 0.143. The van der Waals surface area contributed by atoms with Crippen LogP contribution in [0.2, 0.25) is 0 Å². The van der Waals surface area contributed by atoms with Gasteiger partial charge in [0.25, 0.3) is 0 Å². The van der Waals surface area contributed by atoms with Gasteiger partial charge in [0.15, 0.2) is 17.5 Å². The molecule has 2 atom stereocenters. The molecule has 2 N–H and O–H groups in total. The lowest BCUT2D eigenvalue weighted by atomic mass is 9.93. The molecule has 2 rings (SSSR count). The third kappa shape index (κ3) is 5.70. The molecule has 0 saturated heterocycles. The molecule has 0 heterocycles. The van der Waals surface area contributed by atoms with Crippen LogP contribution in [0.15, 0.2) is 42.5 Å². The van der Waals surface area contributed by atoms with Crippen LogP contribution in [-0.4, -0.2) is 23.6 Å². The Morgan fingerprint density at radius 2 is 1.79 bits per heavy atom. The van der Waals surface area contributed by atoms with Gasteiger partial charge in [0.1, 0.15) is 0 Å². The molecule has 0 amide bonds. The number of rotatable bonds is 10. The van der Waals surface area contributed by atoms with Crippen LogP contribution in [0.3, 0.4) is 0 Å². The zero-order valence-corrected chi connectivity index (χ0v) is 15.8. The molecule has 8 heteroatoms. The van der Waals surface area contributed by atoms with Crippen molar-refractivity contribution in [2.75, 3.05) is 12.5 Å². The first-order chi connectivity index (χ1) is 13.5. The van der Waals surface area contributed by atoms with E-state index in [-0.39, 0.29) is 18.6 Å². The van der Waals surface area contributed by atoms with Gasteiger partial charge in [-0.1, -0.05) is 42.8 Å². The number of aliphatic hydroxyl groups is 1. The molecule has 0 aliphatic rings. The molecule has 0 radical (unpaired) electrons. The Morgan fingerprint density at radius 3 is 2.43 bits per heavy atom. The van der Waals surface area contributed by atoms with E-state index >= 15 is 0 Å². The van der Waals surface area contributed by atoms with Crippen LogP contribution in [0.25, 0.3) is 0 Å². The van der Waals surface area contributed by atoms with Crippen LogP contribution in [-0.2, 0) is 9.63 Å². The maximum absolute atomic E-state index is 14.2. The molecule has 0 unspecified atom stereocenters. The second-order valence-corrected chi connectivity index (χ2v) is 6.56. The summed E-state index contributed by atoms with van der Waals surface area (Å²) in [6.45, 7) is -0.353. The molecule has 0 aliphatic carbocycles. The highest BCUT2D eigenvalue weighted by Gasteiger charge is 2.28. The van der Waals surface area contributed by atoms with Crippen molar-refractivity contribution < 1.29 is 27.9 Å². The van der Waals surface area contributed by atoms with E-state index in [4.69, 9.17) is 16.4 Å². The van der Waals surface area contributed by atoms with Crippen molar-refractivity contribution in [1.29, 1.82) is 0 Å². The molecule has 0 bridgehead atoms. The van der Waals surface area contributed by atoms with E-state index in [1.54, 1.807) is 30.3 Å². The smallest absolute Gasteiger partial charge is 0.332 e. The number of benzene rings is 2. The second kappa shape index (κ2) is 11.0. The first-order valence-corrected chi connectivity index (χ1v) is 9.34. The Labute approximate surface area is 166 Å².